The third kappa shape index (κ3) is 8.65. The van der Waals surface area contributed by atoms with Crippen LogP contribution in [0, 0.1) is 5.92 Å². The fourth-order valence-corrected chi connectivity index (χ4v) is 2.46. The largest absolute Gasteiger partial charge is 0.466 e. The molecule has 2 unspecified atom stereocenters. The Labute approximate surface area is 168 Å². The van der Waals surface area contributed by atoms with E-state index < -0.39 is 11.2 Å². The van der Waals surface area contributed by atoms with Crippen LogP contribution in [-0.4, -0.2) is 60.9 Å². The summed E-state index contributed by atoms with van der Waals surface area (Å²) in [6.45, 7) is 13.2. The van der Waals surface area contributed by atoms with Gasteiger partial charge < -0.3 is 29.8 Å². The Balaban J connectivity index is 2.56. The smallest absolute Gasteiger partial charge is 0.410 e. The summed E-state index contributed by atoms with van der Waals surface area (Å²) < 4.78 is 10.6. The molecule has 0 saturated carbocycles. The topological polar surface area (TPSA) is 99.3 Å². The van der Waals surface area contributed by atoms with Gasteiger partial charge >= 0.3 is 6.09 Å². The average molecular weight is 397 g/mol. The van der Waals surface area contributed by atoms with Crippen molar-refractivity contribution in [2.75, 3.05) is 33.2 Å². The summed E-state index contributed by atoms with van der Waals surface area (Å²) in [4.78, 5) is 18.1. The number of amides is 1. The second-order valence-electron chi connectivity index (χ2n) is 8.29. The van der Waals surface area contributed by atoms with Crippen LogP contribution in [0.1, 0.15) is 47.3 Å². The predicted molar refractivity (Wildman–Crippen MR) is 110 cm³/mol. The summed E-state index contributed by atoms with van der Waals surface area (Å²) in [5.74, 6) is 1.24. The zero-order valence-corrected chi connectivity index (χ0v) is 18.2. The Kier molecular flexibility index (Phi) is 8.81. The monoisotopic (exact) mass is 396 g/mol. The number of carbonyl (C=O) groups excluding carboxylic acids is 1. The number of aliphatic imine (C=N–C) groups is 1. The van der Waals surface area contributed by atoms with E-state index in [2.05, 4.69) is 15.6 Å². The number of furan rings is 1. The summed E-state index contributed by atoms with van der Waals surface area (Å²) in [6, 6.07) is 3.46. The van der Waals surface area contributed by atoms with Crippen molar-refractivity contribution in [2.24, 2.45) is 10.9 Å². The zero-order valence-electron chi connectivity index (χ0n) is 18.2. The zero-order chi connectivity index (χ0) is 21.4. The Morgan fingerprint density at radius 1 is 1.36 bits per heavy atom. The van der Waals surface area contributed by atoms with Crippen LogP contribution in [0.15, 0.2) is 27.8 Å². The molecule has 1 aromatic rings. The Morgan fingerprint density at radius 3 is 2.57 bits per heavy atom. The lowest BCUT2D eigenvalue weighted by Crippen LogP contribution is -2.43. The molecule has 0 spiro atoms. The maximum Gasteiger partial charge on any atom is 0.410 e. The standard InChI is InChI=1S/C20H36N4O4/c1-8-21-17(23-14-20(6,26)16-10-9-11-27-16)22-12-15(2)13-24(7)18(25)28-19(3,4)5/h9-11,15,26H,8,12-14H2,1-7H3,(H2,21,22,23). The SMILES string of the molecule is CCNC(=NCC(C)(O)c1ccco1)NCC(C)CN(C)C(=O)OC(C)(C)C. The summed E-state index contributed by atoms with van der Waals surface area (Å²) in [6.07, 6.45) is 1.19. The molecule has 0 aliphatic rings. The normalized spacial score (nSPS) is 15.5. The highest BCUT2D eigenvalue weighted by Gasteiger charge is 2.26. The van der Waals surface area contributed by atoms with Crippen LogP contribution in [0.25, 0.3) is 0 Å². The molecule has 0 aliphatic carbocycles. The van der Waals surface area contributed by atoms with Crippen molar-refractivity contribution < 1.29 is 19.1 Å². The summed E-state index contributed by atoms with van der Waals surface area (Å²) >= 11 is 0. The van der Waals surface area contributed by atoms with Gasteiger partial charge in [0.15, 0.2) is 5.96 Å². The van der Waals surface area contributed by atoms with Crippen LogP contribution >= 0.6 is 0 Å². The molecule has 2 atom stereocenters. The van der Waals surface area contributed by atoms with Crippen molar-refractivity contribution in [1.29, 1.82) is 0 Å². The second kappa shape index (κ2) is 10.4. The first-order valence-corrected chi connectivity index (χ1v) is 9.67. The molecule has 3 N–H and O–H groups in total. The van der Waals surface area contributed by atoms with E-state index in [1.807, 2.05) is 34.6 Å². The van der Waals surface area contributed by atoms with Crippen LogP contribution in [0.3, 0.4) is 0 Å². The number of nitrogens with zero attached hydrogens (tertiary/aromatic N) is 2. The van der Waals surface area contributed by atoms with Crippen LogP contribution in [0.4, 0.5) is 4.79 Å². The van der Waals surface area contributed by atoms with E-state index in [9.17, 15) is 9.90 Å². The molecule has 0 aliphatic heterocycles. The molecule has 1 aromatic heterocycles. The van der Waals surface area contributed by atoms with Gasteiger partial charge in [-0.05, 0) is 52.7 Å². The van der Waals surface area contributed by atoms with Gasteiger partial charge in [0, 0.05) is 26.7 Å². The number of rotatable bonds is 8. The van der Waals surface area contributed by atoms with E-state index in [0.29, 0.717) is 31.4 Å². The minimum absolute atomic E-state index is 0.155. The number of guanidine groups is 1. The number of hydrogen-bond acceptors (Lipinski definition) is 5. The highest BCUT2D eigenvalue weighted by molar-refractivity contribution is 5.79. The number of carbonyl (C=O) groups is 1. The first-order chi connectivity index (χ1) is 12.9. The third-order valence-electron chi connectivity index (χ3n) is 3.85. The molecule has 8 heteroatoms. The molecule has 0 saturated heterocycles. The summed E-state index contributed by atoms with van der Waals surface area (Å²) in [5.41, 5.74) is -1.70. The van der Waals surface area contributed by atoms with Gasteiger partial charge in [-0.2, -0.15) is 0 Å². The van der Waals surface area contributed by atoms with Crippen LogP contribution in [0.5, 0.6) is 0 Å². The number of ether oxygens (including phenoxy) is 1. The van der Waals surface area contributed by atoms with E-state index >= 15 is 0 Å². The van der Waals surface area contributed by atoms with Gasteiger partial charge in [-0.25, -0.2) is 9.79 Å². The van der Waals surface area contributed by atoms with Crippen molar-refractivity contribution in [2.45, 2.75) is 52.7 Å². The van der Waals surface area contributed by atoms with E-state index in [0.717, 1.165) is 0 Å². The molecule has 0 fully saturated rings. The summed E-state index contributed by atoms with van der Waals surface area (Å²) in [7, 11) is 1.73. The molecular weight excluding hydrogens is 360 g/mol. The van der Waals surface area contributed by atoms with E-state index in [4.69, 9.17) is 9.15 Å². The Morgan fingerprint density at radius 2 is 2.04 bits per heavy atom. The fourth-order valence-electron chi connectivity index (χ4n) is 2.46. The van der Waals surface area contributed by atoms with Crippen LogP contribution in [0.2, 0.25) is 0 Å². The van der Waals surface area contributed by atoms with Crippen molar-refractivity contribution in [3.63, 3.8) is 0 Å². The molecule has 0 radical (unpaired) electrons. The Hall–Kier alpha value is -2.22. The molecule has 160 valence electrons. The van der Waals surface area contributed by atoms with Crippen LogP contribution < -0.4 is 10.6 Å². The molecule has 0 aromatic carbocycles. The molecule has 1 amide bonds. The van der Waals surface area contributed by atoms with E-state index in [1.165, 1.54) is 6.26 Å². The fraction of sp³-hybridized carbons (Fsp3) is 0.700. The van der Waals surface area contributed by atoms with Crippen LogP contribution in [-0.2, 0) is 10.3 Å². The van der Waals surface area contributed by atoms with Gasteiger partial charge in [0.1, 0.15) is 17.0 Å². The van der Waals surface area contributed by atoms with Gasteiger partial charge in [0.2, 0.25) is 0 Å². The molecule has 1 rings (SSSR count). The highest BCUT2D eigenvalue weighted by Crippen LogP contribution is 2.21. The van der Waals surface area contributed by atoms with Gasteiger partial charge in [-0.3, -0.25) is 0 Å². The van der Waals surface area contributed by atoms with Gasteiger partial charge in [-0.1, -0.05) is 6.92 Å². The van der Waals surface area contributed by atoms with Gasteiger partial charge in [0.25, 0.3) is 0 Å². The van der Waals surface area contributed by atoms with E-state index in [-0.39, 0.29) is 18.6 Å². The third-order valence-corrected chi connectivity index (χ3v) is 3.85. The first kappa shape index (κ1) is 23.8. The maximum atomic E-state index is 12.1. The van der Waals surface area contributed by atoms with E-state index in [1.54, 1.807) is 31.0 Å². The first-order valence-electron chi connectivity index (χ1n) is 9.67. The lowest BCUT2D eigenvalue weighted by Gasteiger charge is -2.27. The molecular formula is C20H36N4O4. The summed E-state index contributed by atoms with van der Waals surface area (Å²) in [5, 5.41) is 16.9. The van der Waals surface area contributed by atoms with Gasteiger partial charge in [0.05, 0.1) is 12.8 Å². The average Bonchev–Trinajstić information content (AvgIpc) is 3.11. The number of aliphatic hydroxyl groups is 1. The van der Waals surface area contributed by atoms with Crippen molar-refractivity contribution in [3.05, 3.63) is 24.2 Å². The molecule has 1 heterocycles. The lowest BCUT2D eigenvalue weighted by atomic mass is 10.0. The van der Waals surface area contributed by atoms with Crippen molar-refractivity contribution in [1.82, 2.24) is 15.5 Å². The molecule has 0 bridgehead atoms. The number of hydrogen-bond donors (Lipinski definition) is 3. The quantitative estimate of drug-likeness (QED) is 0.461. The minimum Gasteiger partial charge on any atom is -0.466 e. The van der Waals surface area contributed by atoms with Crippen molar-refractivity contribution >= 4 is 12.1 Å². The van der Waals surface area contributed by atoms with Gasteiger partial charge in [-0.15, -0.1) is 0 Å². The maximum absolute atomic E-state index is 12.1. The second-order valence-corrected chi connectivity index (χ2v) is 8.29. The Bertz CT molecular complexity index is 621. The van der Waals surface area contributed by atoms with Crippen molar-refractivity contribution in [3.8, 4) is 0 Å². The minimum atomic E-state index is -1.19. The molecule has 8 nitrogen and oxygen atoms in total. The predicted octanol–water partition coefficient (Wildman–Crippen LogP) is 2.55. The number of nitrogens with one attached hydrogen (secondary N) is 2. The molecule has 28 heavy (non-hydrogen) atoms. The highest BCUT2D eigenvalue weighted by atomic mass is 16.6. The lowest BCUT2D eigenvalue weighted by molar-refractivity contribution is 0.0277.